The molecule has 1 heteroatoms. The maximum atomic E-state index is 5.90. The zero-order valence-corrected chi connectivity index (χ0v) is 10.4. The number of rotatable bonds is 2. The van der Waals surface area contributed by atoms with Gasteiger partial charge in [-0.05, 0) is 68.2 Å². The van der Waals surface area contributed by atoms with Gasteiger partial charge < -0.3 is 5.73 Å². The summed E-state index contributed by atoms with van der Waals surface area (Å²) in [4.78, 5) is 0. The van der Waals surface area contributed by atoms with E-state index in [1.807, 2.05) is 0 Å². The van der Waals surface area contributed by atoms with Gasteiger partial charge in [-0.3, -0.25) is 0 Å². The summed E-state index contributed by atoms with van der Waals surface area (Å²) in [7, 11) is 0. The highest BCUT2D eigenvalue weighted by Crippen LogP contribution is 2.45. The van der Waals surface area contributed by atoms with Gasteiger partial charge in [0.05, 0.1) is 0 Å². The first-order valence-corrected chi connectivity index (χ1v) is 6.90. The van der Waals surface area contributed by atoms with Crippen LogP contribution in [0.3, 0.4) is 0 Å². The van der Waals surface area contributed by atoms with E-state index >= 15 is 0 Å². The van der Waals surface area contributed by atoms with Crippen molar-refractivity contribution in [3.63, 3.8) is 0 Å². The topological polar surface area (TPSA) is 26.0 Å². The molecular weight excluding hydrogens is 182 g/mol. The van der Waals surface area contributed by atoms with Crippen molar-refractivity contribution < 1.29 is 0 Å². The first-order chi connectivity index (χ1) is 7.20. The summed E-state index contributed by atoms with van der Waals surface area (Å²) in [6.07, 6.45) is 8.71. The van der Waals surface area contributed by atoms with Crippen LogP contribution in [0.4, 0.5) is 0 Å². The Labute approximate surface area is 94.8 Å². The van der Waals surface area contributed by atoms with Gasteiger partial charge in [-0.1, -0.05) is 20.3 Å². The summed E-state index contributed by atoms with van der Waals surface area (Å²) >= 11 is 0. The quantitative estimate of drug-likeness (QED) is 0.741. The Morgan fingerprint density at radius 3 is 2.27 bits per heavy atom. The van der Waals surface area contributed by atoms with E-state index in [1.54, 1.807) is 0 Å². The van der Waals surface area contributed by atoms with Crippen LogP contribution in [-0.4, -0.2) is 6.54 Å². The third kappa shape index (κ3) is 2.55. The lowest BCUT2D eigenvalue weighted by Gasteiger charge is -2.37. The molecule has 0 spiro atoms. The molecular formula is C14H27N. The molecule has 15 heavy (non-hydrogen) atoms. The van der Waals surface area contributed by atoms with E-state index in [1.165, 1.54) is 38.5 Å². The highest BCUT2D eigenvalue weighted by Gasteiger charge is 2.36. The Bertz CT molecular complexity index is 192. The van der Waals surface area contributed by atoms with Crippen LogP contribution in [0, 0.1) is 29.6 Å². The van der Waals surface area contributed by atoms with E-state index in [4.69, 9.17) is 5.73 Å². The molecule has 2 fully saturated rings. The fraction of sp³-hybridized carbons (Fsp3) is 1.00. The van der Waals surface area contributed by atoms with Crippen molar-refractivity contribution in [3.8, 4) is 0 Å². The van der Waals surface area contributed by atoms with Crippen molar-refractivity contribution in [1.29, 1.82) is 0 Å². The second-order valence-corrected chi connectivity index (χ2v) is 6.27. The van der Waals surface area contributed by atoms with Gasteiger partial charge in [0.2, 0.25) is 0 Å². The van der Waals surface area contributed by atoms with Gasteiger partial charge in [0.25, 0.3) is 0 Å². The fourth-order valence-corrected chi connectivity index (χ4v) is 4.34. The molecule has 0 aromatic carbocycles. The molecule has 0 aromatic heterocycles. The van der Waals surface area contributed by atoms with Crippen LogP contribution in [0.1, 0.15) is 52.4 Å². The summed E-state index contributed by atoms with van der Waals surface area (Å²) in [6, 6.07) is 0. The molecule has 4 atom stereocenters. The zero-order valence-electron chi connectivity index (χ0n) is 10.4. The zero-order chi connectivity index (χ0) is 10.8. The van der Waals surface area contributed by atoms with E-state index in [0.29, 0.717) is 0 Å². The normalized spacial score (nSPS) is 47.0. The Hall–Kier alpha value is -0.0400. The highest BCUT2D eigenvalue weighted by atomic mass is 14.6. The lowest BCUT2D eigenvalue weighted by Crippen LogP contribution is -2.30. The average molecular weight is 209 g/mol. The Balaban J connectivity index is 1.96. The van der Waals surface area contributed by atoms with Crippen LogP contribution in [0.5, 0.6) is 0 Å². The van der Waals surface area contributed by atoms with Crippen molar-refractivity contribution >= 4 is 0 Å². The van der Waals surface area contributed by atoms with Crippen molar-refractivity contribution in [2.45, 2.75) is 52.4 Å². The summed E-state index contributed by atoms with van der Waals surface area (Å²) in [5.41, 5.74) is 5.90. The van der Waals surface area contributed by atoms with Gasteiger partial charge in [-0.15, -0.1) is 0 Å². The SMILES string of the molecule is CC1CC(C)CC(C2CCCC2CN)C1. The molecule has 1 nitrogen and oxygen atoms in total. The molecule has 88 valence electrons. The van der Waals surface area contributed by atoms with Gasteiger partial charge >= 0.3 is 0 Å². The first kappa shape index (κ1) is 11.4. The largest absolute Gasteiger partial charge is 0.330 e. The second kappa shape index (κ2) is 4.86. The summed E-state index contributed by atoms with van der Waals surface area (Å²) in [5.74, 6) is 4.74. The maximum Gasteiger partial charge on any atom is -0.00461 e. The van der Waals surface area contributed by atoms with Crippen LogP contribution >= 0.6 is 0 Å². The summed E-state index contributed by atoms with van der Waals surface area (Å²) in [5, 5.41) is 0. The van der Waals surface area contributed by atoms with Crippen LogP contribution in [0.15, 0.2) is 0 Å². The van der Waals surface area contributed by atoms with Crippen molar-refractivity contribution in [2.24, 2.45) is 35.3 Å². The Morgan fingerprint density at radius 2 is 1.67 bits per heavy atom. The van der Waals surface area contributed by atoms with E-state index in [9.17, 15) is 0 Å². The van der Waals surface area contributed by atoms with Crippen LogP contribution in [0.2, 0.25) is 0 Å². The minimum Gasteiger partial charge on any atom is -0.330 e. The number of hydrogen-bond acceptors (Lipinski definition) is 1. The van der Waals surface area contributed by atoms with E-state index in [-0.39, 0.29) is 0 Å². The summed E-state index contributed by atoms with van der Waals surface area (Å²) < 4.78 is 0. The van der Waals surface area contributed by atoms with Gasteiger partial charge in [0.1, 0.15) is 0 Å². The molecule has 0 radical (unpaired) electrons. The number of nitrogens with two attached hydrogens (primary N) is 1. The highest BCUT2D eigenvalue weighted by molar-refractivity contribution is 4.87. The van der Waals surface area contributed by atoms with Gasteiger partial charge in [-0.2, -0.15) is 0 Å². The molecule has 4 unspecified atom stereocenters. The van der Waals surface area contributed by atoms with Crippen LogP contribution < -0.4 is 5.73 Å². The molecule has 2 N–H and O–H groups in total. The van der Waals surface area contributed by atoms with Crippen molar-refractivity contribution in [1.82, 2.24) is 0 Å². The smallest absolute Gasteiger partial charge is 0.00461 e. The molecule has 0 saturated heterocycles. The van der Waals surface area contributed by atoms with Gasteiger partial charge in [0, 0.05) is 0 Å². The van der Waals surface area contributed by atoms with Crippen LogP contribution in [0.25, 0.3) is 0 Å². The lowest BCUT2D eigenvalue weighted by molar-refractivity contribution is 0.137. The monoisotopic (exact) mass is 209 g/mol. The minimum atomic E-state index is 0.854. The third-order valence-electron chi connectivity index (χ3n) is 4.84. The molecule has 0 bridgehead atoms. The Morgan fingerprint density at radius 1 is 1.00 bits per heavy atom. The standard InChI is InChI=1S/C14H27N/c1-10-6-11(2)8-13(7-10)14-5-3-4-12(14)9-15/h10-14H,3-9,15H2,1-2H3. The van der Waals surface area contributed by atoms with Crippen molar-refractivity contribution in [2.75, 3.05) is 6.54 Å². The molecule has 2 aliphatic carbocycles. The molecule has 2 aliphatic rings. The lowest BCUT2D eigenvalue weighted by atomic mass is 9.69. The molecule has 0 heterocycles. The average Bonchev–Trinajstić information content (AvgIpc) is 2.63. The second-order valence-electron chi connectivity index (χ2n) is 6.27. The minimum absolute atomic E-state index is 0.854. The Kier molecular flexibility index (Phi) is 3.71. The number of hydrogen-bond donors (Lipinski definition) is 1. The maximum absolute atomic E-state index is 5.90. The van der Waals surface area contributed by atoms with Gasteiger partial charge in [-0.25, -0.2) is 0 Å². The van der Waals surface area contributed by atoms with Crippen LogP contribution in [-0.2, 0) is 0 Å². The first-order valence-electron chi connectivity index (χ1n) is 6.90. The predicted molar refractivity (Wildman–Crippen MR) is 65.6 cm³/mol. The fourth-order valence-electron chi connectivity index (χ4n) is 4.34. The predicted octanol–water partition coefficient (Wildman–Crippen LogP) is 3.43. The summed E-state index contributed by atoms with van der Waals surface area (Å²) in [6.45, 7) is 5.81. The molecule has 2 saturated carbocycles. The van der Waals surface area contributed by atoms with Gasteiger partial charge in [0.15, 0.2) is 0 Å². The molecule has 0 amide bonds. The molecule has 0 aliphatic heterocycles. The van der Waals surface area contributed by atoms with Crippen molar-refractivity contribution in [3.05, 3.63) is 0 Å². The van der Waals surface area contributed by atoms with E-state index in [2.05, 4.69) is 13.8 Å². The third-order valence-corrected chi connectivity index (χ3v) is 4.84. The molecule has 0 aromatic rings. The van der Waals surface area contributed by atoms with E-state index in [0.717, 1.165) is 36.1 Å². The molecule has 2 rings (SSSR count). The van der Waals surface area contributed by atoms with E-state index < -0.39 is 0 Å².